The van der Waals surface area contributed by atoms with Crippen molar-refractivity contribution >= 4 is 11.8 Å². The monoisotopic (exact) mass is 280 g/mol. The average molecular weight is 280 g/mol. The quantitative estimate of drug-likeness (QED) is 0.604. The second-order valence-corrected chi connectivity index (χ2v) is 5.58. The summed E-state index contributed by atoms with van der Waals surface area (Å²) in [6.45, 7) is 3.65. The van der Waals surface area contributed by atoms with Gasteiger partial charge in [-0.05, 0) is 12.8 Å². The van der Waals surface area contributed by atoms with Crippen LogP contribution in [0.2, 0.25) is 0 Å². The van der Waals surface area contributed by atoms with Crippen LogP contribution in [0.25, 0.3) is 0 Å². The molecule has 0 fully saturated rings. The van der Waals surface area contributed by atoms with E-state index in [1.807, 2.05) is 0 Å². The van der Waals surface area contributed by atoms with Gasteiger partial charge >= 0.3 is 0 Å². The first-order chi connectivity index (χ1) is 9.95. The third kappa shape index (κ3) is 6.40. The predicted octanol–water partition coefficient (Wildman–Crippen LogP) is 3.74. The van der Waals surface area contributed by atoms with Crippen LogP contribution in [-0.4, -0.2) is 38.1 Å². The topological polar surface area (TPSA) is 43.2 Å². The summed E-state index contributed by atoms with van der Waals surface area (Å²) < 4.78 is 11.0. The SMILES string of the molecule is C(CCCCC1=NCCCO1)CCCC1=NCCCO1. The fourth-order valence-corrected chi connectivity index (χ4v) is 2.57. The summed E-state index contributed by atoms with van der Waals surface area (Å²) in [7, 11) is 0. The molecule has 0 saturated carbocycles. The highest BCUT2D eigenvalue weighted by molar-refractivity contribution is 5.76. The molecule has 0 spiro atoms. The van der Waals surface area contributed by atoms with E-state index < -0.39 is 0 Å². The van der Waals surface area contributed by atoms with Crippen LogP contribution in [0.4, 0.5) is 0 Å². The van der Waals surface area contributed by atoms with E-state index in [1.165, 1.54) is 38.5 Å². The first kappa shape index (κ1) is 15.3. The lowest BCUT2D eigenvalue weighted by molar-refractivity contribution is 0.271. The molecule has 0 saturated heterocycles. The molecular weight excluding hydrogens is 252 g/mol. The molecule has 4 nitrogen and oxygen atoms in total. The van der Waals surface area contributed by atoms with E-state index in [9.17, 15) is 0 Å². The van der Waals surface area contributed by atoms with Crippen LogP contribution in [0, 0.1) is 0 Å². The molecule has 2 heterocycles. The number of aliphatic imine (C=N–C) groups is 2. The van der Waals surface area contributed by atoms with Gasteiger partial charge in [-0.15, -0.1) is 0 Å². The molecule has 2 aliphatic heterocycles. The molecule has 4 heteroatoms. The van der Waals surface area contributed by atoms with Gasteiger partial charge in [0.15, 0.2) is 11.8 Å². The Hall–Kier alpha value is -1.06. The van der Waals surface area contributed by atoms with Crippen molar-refractivity contribution in [3.63, 3.8) is 0 Å². The Morgan fingerprint density at radius 3 is 1.50 bits per heavy atom. The van der Waals surface area contributed by atoms with Crippen molar-refractivity contribution in [3.8, 4) is 0 Å². The number of hydrogen-bond acceptors (Lipinski definition) is 4. The molecule has 0 bridgehead atoms. The number of unbranched alkanes of at least 4 members (excludes halogenated alkanes) is 5. The van der Waals surface area contributed by atoms with Gasteiger partial charge in [-0.1, -0.05) is 25.7 Å². The zero-order valence-corrected chi connectivity index (χ0v) is 12.6. The summed E-state index contributed by atoms with van der Waals surface area (Å²) in [5.74, 6) is 1.98. The molecule has 2 aliphatic rings. The molecular formula is C16H28N2O2. The van der Waals surface area contributed by atoms with E-state index >= 15 is 0 Å². The summed E-state index contributed by atoms with van der Waals surface area (Å²) >= 11 is 0. The van der Waals surface area contributed by atoms with Crippen molar-refractivity contribution in [1.82, 2.24) is 0 Å². The van der Waals surface area contributed by atoms with E-state index in [0.717, 1.165) is 63.8 Å². The minimum atomic E-state index is 0.866. The van der Waals surface area contributed by atoms with Gasteiger partial charge in [0.25, 0.3) is 0 Å². The zero-order valence-electron chi connectivity index (χ0n) is 12.6. The Labute approximate surface area is 122 Å². The first-order valence-electron chi connectivity index (χ1n) is 8.27. The van der Waals surface area contributed by atoms with Gasteiger partial charge in [0.1, 0.15) is 0 Å². The standard InChI is InChI=1S/C16H28N2O2/c1(3-5-9-15-17-11-7-13-19-15)2-4-6-10-16-18-12-8-14-20-16/h1-14H2. The lowest BCUT2D eigenvalue weighted by Crippen LogP contribution is -2.13. The highest BCUT2D eigenvalue weighted by atomic mass is 16.5. The van der Waals surface area contributed by atoms with Crippen molar-refractivity contribution < 1.29 is 9.47 Å². The number of hydrogen-bond donors (Lipinski definition) is 0. The molecule has 0 unspecified atom stereocenters. The average Bonchev–Trinajstić information content (AvgIpc) is 2.52. The van der Waals surface area contributed by atoms with Crippen LogP contribution in [0.5, 0.6) is 0 Å². The molecule has 114 valence electrons. The maximum Gasteiger partial charge on any atom is 0.183 e. The number of ether oxygens (including phenoxy) is 2. The van der Waals surface area contributed by atoms with E-state index in [2.05, 4.69) is 9.98 Å². The van der Waals surface area contributed by atoms with Crippen LogP contribution < -0.4 is 0 Å². The summed E-state index contributed by atoms with van der Waals surface area (Å²) in [6, 6.07) is 0. The van der Waals surface area contributed by atoms with Crippen LogP contribution >= 0.6 is 0 Å². The first-order valence-corrected chi connectivity index (χ1v) is 8.27. The normalized spacial score (nSPS) is 18.8. The maximum absolute atomic E-state index is 5.51. The van der Waals surface area contributed by atoms with Crippen molar-refractivity contribution in [2.75, 3.05) is 26.3 Å². The van der Waals surface area contributed by atoms with Crippen LogP contribution in [-0.2, 0) is 9.47 Å². The van der Waals surface area contributed by atoms with Gasteiger partial charge in [-0.3, -0.25) is 9.98 Å². The number of rotatable bonds is 9. The highest BCUT2D eigenvalue weighted by Gasteiger charge is 2.06. The lowest BCUT2D eigenvalue weighted by Gasteiger charge is -2.13. The van der Waals surface area contributed by atoms with Crippen LogP contribution in [0.15, 0.2) is 9.98 Å². The van der Waals surface area contributed by atoms with Gasteiger partial charge in [-0.25, -0.2) is 0 Å². The molecule has 0 aromatic heterocycles. The second-order valence-electron chi connectivity index (χ2n) is 5.58. The van der Waals surface area contributed by atoms with E-state index in [4.69, 9.17) is 9.47 Å². The molecule has 0 aliphatic carbocycles. The fraction of sp³-hybridized carbons (Fsp3) is 0.875. The molecule has 0 aromatic carbocycles. The third-order valence-corrected chi connectivity index (χ3v) is 3.75. The summed E-state index contributed by atoms with van der Waals surface area (Å²) in [5, 5.41) is 0. The third-order valence-electron chi connectivity index (χ3n) is 3.75. The summed E-state index contributed by atoms with van der Waals surface area (Å²) in [5.41, 5.74) is 0. The summed E-state index contributed by atoms with van der Waals surface area (Å²) in [6.07, 6.45) is 11.9. The minimum absolute atomic E-state index is 0.866. The minimum Gasteiger partial charge on any atom is -0.481 e. The largest absolute Gasteiger partial charge is 0.481 e. The van der Waals surface area contributed by atoms with E-state index in [0.29, 0.717) is 0 Å². The molecule has 0 radical (unpaired) electrons. The molecule has 2 rings (SSSR count). The van der Waals surface area contributed by atoms with Gasteiger partial charge < -0.3 is 9.47 Å². The van der Waals surface area contributed by atoms with Gasteiger partial charge in [0.2, 0.25) is 0 Å². The van der Waals surface area contributed by atoms with Gasteiger partial charge in [-0.2, -0.15) is 0 Å². The van der Waals surface area contributed by atoms with Crippen molar-refractivity contribution in [1.29, 1.82) is 0 Å². The highest BCUT2D eigenvalue weighted by Crippen LogP contribution is 2.12. The Bertz CT molecular complexity index is 294. The van der Waals surface area contributed by atoms with E-state index in [1.54, 1.807) is 0 Å². The Balaban J connectivity index is 1.38. The molecule has 0 N–H and O–H groups in total. The molecule has 0 amide bonds. The van der Waals surface area contributed by atoms with Crippen LogP contribution in [0.1, 0.15) is 64.2 Å². The number of nitrogens with zero attached hydrogens (tertiary/aromatic N) is 2. The van der Waals surface area contributed by atoms with Crippen LogP contribution in [0.3, 0.4) is 0 Å². The Morgan fingerprint density at radius 2 is 1.10 bits per heavy atom. The molecule has 0 atom stereocenters. The lowest BCUT2D eigenvalue weighted by atomic mass is 10.1. The maximum atomic E-state index is 5.51. The predicted molar refractivity (Wildman–Crippen MR) is 82.7 cm³/mol. The zero-order chi connectivity index (χ0) is 13.9. The van der Waals surface area contributed by atoms with E-state index in [-0.39, 0.29) is 0 Å². The molecule has 0 aromatic rings. The van der Waals surface area contributed by atoms with Gasteiger partial charge in [0, 0.05) is 38.8 Å². The van der Waals surface area contributed by atoms with Crippen molar-refractivity contribution in [3.05, 3.63) is 0 Å². The van der Waals surface area contributed by atoms with Crippen molar-refractivity contribution in [2.24, 2.45) is 9.98 Å². The Morgan fingerprint density at radius 1 is 0.650 bits per heavy atom. The second kappa shape index (κ2) is 9.78. The molecule has 20 heavy (non-hydrogen) atoms. The fourth-order valence-electron chi connectivity index (χ4n) is 2.57. The Kier molecular flexibility index (Phi) is 7.50. The van der Waals surface area contributed by atoms with Gasteiger partial charge in [0.05, 0.1) is 13.2 Å². The summed E-state index contributed by atoms with van der Waals surface area (Å²) in [4.78, 5) is 8.79. The smallest absolute Gasteiger partial charge is 0.183 e. The van der Waals surface area contributed by atoms with Crippen molar-refractivity contribution in [2.45, 2.75) is 64.2 Å².